The third-order valence-corrected chi connectivity index (χ3v) is 4.57. The Bertz CT molecular complexity index is 959. The second-order valence-corrected chi connectivity index (χ2v) is 6.40. The maximum atomic E-state index is 12.7. The van der Waals surface area contributed by atoms with Gasteiger partial charge in [-0.15, -0.1) is 0 Å². The first-order chi connectivity index (χ1) is 13.1. The highest BCUT2D eigenvalue weighted by Gasteiger charge is 2.27. The van der Waals surface area contributed by atoms with Gasteiger partial charge in [-0.1, -0.05) is 6.07 Å². The van der Waals surface area contributed by atoms with Crippen LogP contribution in [0.4, 0.5) is 0 Å². The van der Waals surface area contributed by atoms with Crippen molar-refractivity contribution in [3.63, 3.8) is 0 Å². The van der Waals surface area contributed by atoms with E-state index < -0.39 is 23.6 Å². The molecule has 3 rings (SSSR count). The molecule has 0 saturated carbocycles. The van der Waals surface area contributed by atoms with Crippen LogP contribution in [0.2, 0.25) is 0 Å². The number of nitrogens with one attached hydrogen (secondary N) is 1. The summed E-state index contributed by atoms with van der Waals surface area (Å²) in [4.78, 5) is 44.7. The molecule has 0 aliphatic carbocycles. The Morgan fingerprint density at radius 3 is 2.56 bits per heavy atom. The van der Waals surface area contributed by atoms with Gasteiger partial charge in [0.05, 0.1) is 11.9 Å². The molecule has 3 N–H and O–H groups in total. The zero-order chi connectivity index (χ0) is 19.2. The largest absolute Gasteiger partial charge is 0.363 e. The van der Waals surface area contributed by atoms with E-state index in [1.165, 1.54) is 6.20 Å². The molecule has 0 spiro atoms. The lowest BCUT2D eigenvalue weighted by Gasteiger charge is -2.16. The maximum Gasteiger partial charge on any atom is 0.287 e. The van der Waals surface area contributed by atoms with E-state index in [-0.39, 0.29) is 6.42 Å². The van der Waals surface area contributed by atoms with Crippen LogP contribution < -0.4 is 11.1 Å². The molecule has 0 aliphatic heterocycles. The van der Waals surface area contributed by atoms with Gasteiger partial charge in [0.1, 0.15) is 10.9 Å². The Hall–Kier alpha value is -3.46. The molecule has 2 amide bonds. The molecule has 0 bridgehead atoms. The Kier molecular flexibility index (Phi) is 5.62. The van der Waals surface area contributed by atoms with Crippen molar-refractivity contribution in [2.45, 2.75) is 12.5 Å². The lowest BCUT2D eigenvalue weighted by atomic mass is 10.0. The summed E-state index contributed by atoms with van der Waals surface area (Å²) in [5.41, 5.74) is 7.00. The van der Waals surface area contributed by atoms with Crippen LogP contribution >= 0.6 is 11.5 Å². The fourth-order valence-electron chi connectivity index (χ4n) is 2.47. The van der Waals surface area contributed by atoms with E-state index in [0.717, 1.165) is 17.1 Å². The van der Waals surface area contributed by atoms with Crippen LogP contribution in [0.15, 0.2) is 55.1 Å². The van der Waals surface area contributed by atoms with Gasteiger partial charge in [-0.25, -0.2) is 0 Å². The minimum absolute atomic E-state index is 0.119. The zero-order valence-corrected chi connectivity index (χ0v) is 14.8. The molecule has 0 aromatic carbocycles. The van der Waals surface area contributed by atoms with E-state index >= 15 is 0 Å². The number of carbonyl (C=O) groups is 3. The van der Waals surface area contributed by atoms with Crippen molar-refractivity contribution < 1.29 is 14.4 Å². The molecule has 8 nitrogen and oxygen atoms in total. The van der Waals surface area contributed by atoms with Gasteiger partial charge in [0.25, 0.3) is 11.8 Å². The Labute approximate surface area is 158 Å². The van der Waals surface area contributed by atoms with Crippen molar-refractivity contribution in [2.75, 3.05) is 0 Å². The molecule has 0 radical (unpaired) electrons. The van der Waals surface area contributed by atoms with Gasteiger partial charge >= 0.3 is 0 Å². The number of ketones is 1. The number of nitrogens with two attached hydrogens (primary N) is 1. The Morgan fingerprint density at radius 2 is 1.89 bits per heavy atom. The SMILES string of the molecule is NC(=O)C(=O)C(Cc1ccncc1)NC(=O)c1sncc1-c1ccccn1. The molecule has 0 fully saturated rings. The van der Waals surface area contributed by atoms with Crippen LogP contribution in [0.25, 0.3) is 11.3 Å². The maximum absolute atomic E-state index is 12.7. The summed E-state index contributed by atoms with van der Waals surface area (Å²) in [7, 11) is 0. The van der Waals surface area contributed by atoms with E-state index in [1.54, 1.807) is 48.9 Å². The highest BCUT2D eigenvalue weighted by Crippen LogP contribution is 2.24. The highest BCUT2D eigenvalue weighted by atomic mass is 32.1. The van der Waals surface area contributed by atoms with Crippen molar-refractivity contribution in [1.82, 2.24) is 19.7 Å². The highest BCUT2D eigenvalue weighted by molar-refractivity contribution is 7.08. The fourth-order valence-corrected chi connectivity index (χ4v) is 3.13. The second-order valence-electron chi connectivity index (χ2n) is 5.60. The molecule has 9 heteroatoms. The van der Waals surface area contributed by atoms with Gasteiger partial charge in [-0.05, 0) is 41.4 Å². The third kappa shape index (κ3) is 4.39. The van der Waals surface area contributed by atoms with E-state index in [9.17, 15) is 14.4 Å². The van der Waals surface area contributed by atoms with Crippen molar-refractivity contribution in [3.05, 3.63) is 65.6 Å². The average Bonchev–Trinajstić information content (AvgIpc) is 3.18. The van der Waals surface area contributed by atoms with Crippen molar-refractivity contribution in [1.29, 1.82) is 0 Å². The molecule has 0 aliphatic rings. The number of aromatic nitrogens is 3. The van der Waals surface area contributed by atoms with Gasteiger partial charge in [-0.3, -0.25) is 24.4 Å². The van der Waals surface area contributed by atoms with Crippen molar-refractivity contribution in [3.8, 4) is 11.3 Å². The Morgan fingerprint density at radius 1 is 1.11 bits per heavy atom. The summed E-state index contributed by atoms with van der Waals surface area (Å²) in [6.07, 6.45) is 6.39. The first-order valence-corrected chi connectivity index (χ1v) is 8.73. The van der Waals surface area contributed by atoms with E-state index in [4.69, 9.17) is 5.73 Å². The lowest BCUT2D eigenvalue weighted by molar-refractivity contribution is -0.137. The molecule has 27 heavy (non-hydrogen) atoms. The van der Waals surface area contributed by atoms with Gasteiger partial charge in [-0.2, -0.15) is 4.37 Å². The number of hydrogen-bond donors (Lipinski definition) is 2. The molecular formula is C18H15N5O3S. The normalized spacial score (nSPS) is 11.6. The summed E-state index contributed by atoms with van der Waals surface area (Å²) >= 11 is 0.981. The minimum atomic E-state index is -1.11. The summed E-state index contributed by atoms with van der Waals surface area (Å²) in [6.45, 7) is 0. The summed E-state index contributed by atoms with van der Waals surface area (Å²) in [5.74, 6) is -2.50. The summed E-state index contributed by atoms with van der Waals surface area (Å²) in [5, 5.41) is 2.59. The molecular weight excluding hydrogens is 366 g/mol. The van der Waals surface area contributed by atoms with Gasteiger partial charge < -0.3 is 11.1 Å². The second kappa shape index (κ2) is 8.28. The van der Waals surface area contributed by atoms with E-state index in [1.807, 2.05) is 0 Å². The molecule has 0 saturated heterocycles. The number of nitrogens with zero attached hydrogens (tertiary/aromatic N) is 3. The number of hydrogen-bond acceptors (Lipinski definition) is 7. The smallest absolute Gasteiger partial charge is 0.287 e. The summed E-state index contributed by atoms with van der Waals surface area (Å²) in [6, 6.07) is 7.61. The number of carbonyl (C=O) groups excluding carboxylic acids is 3. The van der Waals surface area contributed by atoms with Gasteiger partial charge in [0.2, 0.25) is 5.78 Å². The van der Waals surface area contributed by atoms with Crippen LogP contribution in [-0.4, -0.2) is 38.0 Å². The van der Waals surface area contributed by atoms with Crippen LogP contribution in [0.3, 0.4) is 0 Å². The zero-order valence-electron chi connectivity index (χ0n) is 14.0. The number of amides is 2. The summed E-state index contributed by atoms with van der Waals surface area (Å²) < 4.78 is 4.05. The third-order valence-electron chi connectivity index (χ3n) is 3.77. The van der Waals surface area contributed by atoms with Gasteiger partial charge in [0, 0.05) is 30.6 Å². The molecule has 136 valence electrons. The van der Waals surface area contributed by atoms with Crippen molar-refractivity contribution >= 4 is 29.1 Å². The van der Waals surface area contributed by atoms with E-state index in [0.29, 0.717) is 16.1 Å². The number of pyridine rings is 2. The first kappa shape index (κ1) is 18.3. The van der Waals surface area contributed by atoms with E-state index in [2.05, 4.69) is 19.7 Å². The monoisotopic (exact) mass is 381 g/mol. The van der Waals surface area contributed by atoms with Crippen LogP contribution in [0.5, 0.6) is 0 Å². The number of primary amides is 1. The standard InChI is InChI=1S/C18H15N5O3S/c19-17(25)15(24)14(9-11-4-7-20-8-5-11)23-18(26)16-12(10-22-27-16)13-3-1-2-6-21-13/h1-8,10,14H,9H2,(H2,19,25)(H,23,26). The van der Waals surface area contributed by atoms with Crippen LogP contribution in [-0.2, 0) is 16.0 Å². The first-order valence-electron chi connectivity index (χ1n) is 7.95. The molecule has 1 atom stereocenters. The predicted molar refractivity (Wildman–Crippen MR) is 98.7 cm³/mol. The van der Waals surface area contributed by atoms with Gasteiger partial charge in [0.15, 0.2) is 0 Å². The quantitative estimate of drug-likeness (QED) is 0.588. The lowest BCUT2D eigenvalue weighted by Crippen LogP contribution is -2.47. The molecule has 3 aromatic heterocycles. The van der Waals surface area contributed by atoms with Crippen molar-refractivity contribution in [2.24, 2.45) is 5.73 Å². The number of rotatable bonds is 7. The molecule has 3 heterocycles. The van der Waals surface area contributed by atoms with Crippen LogP contribution in [0.1, 0.15) is 15.2 Å². The predicted octanol–water partition coefficient (Wildman–Crippen LogP) is 0.996. The topological polar surface area (TPSA) is 128 Å². The average molecular weight is 381 g/mol. The van der Waals surface area contributed by atoms with Crippen LogP contribution in [0, 0.1) is 0 Å². The minimum Gasteiger partial charge on any atom is -0.363 e. The molecule has 3 aromatic rings. The fraction of sp³-hybridized carbons (Fsp3) is 0.111. The number of Topliss-reactive ketones (excluding diaryl/α,β-unsaturated/α-hetero) is 1. The molecule has 1 unspecified atom stereocenters. The Balaban J connectivity index is 1.84.